The van der Waals surface area contributed by atoms with E-state index < -0.39 is 11.8 Å². The molecule has 0 radical (unpaired) electrons. The maximum Gasteiger partial charge on any atom is 0.305 e. The minimum atomic E-state index is -0.690. The van der Waals surface area contributed by atoms with E-state index in [1.807, 2.05) is 6.07 Å². The van der Waals surface area contributed by atoms with Gasteiger partial charge < -0.3 is 14.9 Å². The number of aromatic nitrogens is 1. The second-order valence-electron chi connectivity index (χ2n) is 7.88. The number of amides is 2. The van der Waals surface area contributed by atoms with Crippen LogP contribution in [-0.4, -0.2) is 39.3 Å². The van der Waals surface area contributed by atoms with Gasteiger partial charge in [0.05, 0.1) is 17.5 Å². The third-order valence-electron chi connectivity index (χ3n) is 5.86. The predicted octanol–water partition coefficient (Wildman–Crippen LogP) is 4.21. The van der Waals surface area contributed by atoms with Gasteiger partial charge in [0, 0.05) is 27.8 Å². The monoisotopic (exact) mass is 439 g/mol. The van der Waals surface area contributed by atoms with E-state index in [0.717, 1.165) is 32.1 Å². The molecule has 1 saturated heterocycles. The zero-order valence-corrected chi connectivity index (χ0v) is 17.5. The minimum Gasteiger partial charge on any atom is -0.494 e. The van der Waals surface area contributed by atoms with Crippen molar-refractivity contribution in [2.24, 2.45) is 10.2 Å². The van der Waals surface area contributed by atoms with Crippen LogP contribution in [0, 0.1) is 0 Å². The lowest BCUT2D eigenvalue weighted by Gasteiger charge is -2.12. The lowest BCUT2D eigenvalue weighted by Crippen LogP contribution is -2.14. The summed E-state index contributed by atoms with van der Waals surface area (Å²) in [6, 6.07) is 6.32. The fraction of sp³-hybridized carbons (Fsp3) is 0.364. The van der Waals surface area contributed by atoms with Crippen molar-refractivity contribution in [3.63, 3.8) is 0 Å². The molecule has 2 amide bonds. The number of aromatic hydroxyl groups is 2. The second kappa shape index (κ2) is 7.90. The Morgan fingerprint density at radius 1 is 1.06 bits per heavy atom. The lowest BCUT2D eigenvalue weighted by molar-refractivity contribution is 0.0930. The van der Waals surface area contributed by atoms with Crippen LogP contribution in [0.15, 0.2) is 34.5 Å². The average molecular weight is 439 g/mol. The third-order valence-corrected chi connectivity index (χ3v) is 7.08. The average Bonchev–Trinajstić information content (AvgIpc) is 3.54. The molecule has 8 nitrogen and oxygen atoms in total. The molecule has 2 aromatic heterocycles. The van der Waals surface area contributed by atoms with E-state index in [4.69, 9.17) is 4.74 Å². The molecule has 1 fully saturated rings. The number of rotatable bonds is 4. The van der Waals surface area contributed by atoms with Gasteiger partial charge in [-0.05, 0) is 61.9 Å². The van der Waals surface area contributed by atoms with E-state index in [9.17, 15) is 19.8 Å². The first kappa shape index (κ1) is 19.9. The van der Waals surface area contributed by atoms with Gasteiger partial charge in [0.2, 0.25) is 11.8 Å². The van der Waals surface area contributed by atoms with E-state index in [1.54, 1.807) is 6.07 Å². The molecule has 1 unspecified atom stereocenters. The number of nitrogens with zero attached hydrogens (tertiary/aromatic N) is 3. The number of ether oxygens (including phenoxy) is 1. The Hall–Kier alpha value is -3.04. The Labute approximate surface area is 181 Å². The van der Waals surface area contributed by atoms with Gasteiger partial charge in [-0.25, -0.2) is 0 Å². The number of benzene rings is 1. The van der Waals surface area contributed by atoms with E-state index in [2.05, 4.69) is 10.2 Å². The number of aryl methyl sites for hydroxylation is 2. The van der Waals surface area contributed by atoms with Crippen molar-refractivity contribution in [1.82, 2.24) is 4.57 Å². The Morgan fingerprint density at radius 3 is 2.65 bits per heavy atom. The first-order valence-corrected chi connectivity index (χ1v) is 11.1. The molecular formula is C22H21N3O5S. The SMILES string of the molecule is O=C(N=NC(=O)c1cc2c(s1)CCC2)c1ccc2c(O)n(CC3CCCO3)c(O)c2c1. The first-order chi connectivity index (χ1) is 15.0. The van der Waals surface area contributed by atoms with Crippen LogP contribution in [0.3, 0.4) is 0 Å². The lowest BCUT2D eigenvalue weighted by atomic mass is 10.1. The Balaban J connectivity index is 1.36. The van der Waals surface area contributed by atoms with Crippen LogP contribution in [0.25, 0.3) is 10.8 Å². The fourth-order valence-corrected chi connectivity index (χ4v) is 5.38. The van der Waals surface area contributed by atoms with Gasteiger partial charge in [0.25, 0.3) is 5.91 Å². The zero-order chi connectivity index (χ0) is 21.5. The predicted molar refractivity (Wildman–Crippen MR) is 114 cm³/mol. The summed E-state index contributed by atoms with van der Waals surface area (Å²) in [6.07, 6.45) is 4.79. The van der Waals surface area contributed by atoms with Crippen LogP contribution in [0.5, 0.6) is 11.8 Å². The second-order valence-corrected chi connectivity index (χ2v) is 9.01. The van der Waals surface area contributed by atoms with E-state index >= 15 is 0 Å². The summed E-state index contributed by atoms with van der Waals surface area (Å²) in [4.78, 5) is 26.4. The highest BCUT2D eigenvalue weighted by molar-refractivity contribution is 7.14. The highest BCUT2D eigenvalue weighted by Crippen LogP contribution is 2.38. The van der Waals surface area contributed by atoms with Crippen molar-refractivity contribution in [1.29, 1.82) is 0 Å². The number of azo groups is 1. The molecule has 5 rings (SSSR count). The molecule has 1 aromatic carbocycles. The zero-order valence-electron chi connectivity index (χ0n) is 16.7. The maximum absolute atomic E-state index is 12.5. The smallest absolute Gasteiger partial charge is 0.305 e. The van der Waals surface area contributed by atoms with E-state index in [1.165, 1.54) is 38.5 Å². The Morgan fingerprint density at radius 2 is 1.87 bits per heavy atom. The number of hydrogen-bond acceptors (Lipinski definition) is 6. The third kappa shape index (κ3) is 3.64. The number of carbonyl (C=O) groups is 2. The van der Waals surface area contributed by atoms with Crippen molar-refractivity contribution >= 4 is 33.9 Å². The quantitative estimate of drug-likeness (QED) is 0.591. The molecule has 1 aliphatic carbocycles. The van der Waals surface area contributed by atoms with Crippen LogP contribution in [0.1, 0.15) is 49.7 Å². The molecule has 31 heavy (non-hydrogen) atoms. The largest absolute Gasteiger partial charge is 0.494 e. The minimum absolute atomic E-state index is 0.0712. The molecule has 2 aliphatic rings. The number of thiophene rings is 1. The number of hydrogen-bond donors (Lipinski definition) is 2. The molecule has 160 valence electrons. The van der Waals surface area contributed by atoms with Gasteiger partial charge in [0.15, 0.2) is 0 Å². The highest BCUT2D eigenvalue weighted by atomic mass is 32.1. The molecule has 1 atom stereocenters. The molecule has 0 saturated carbocycles. The summed E-state index contributed by atoms with van der Waals surface area (Å²) in [5, 5.41) is 29.0. The van der Waals surface area contributed by atoms with Gasteiger partial charge in [-0.2, -0.15) is 0 Å². The topological polar surface area (TPSA) is 113 Å². The van der Waals surface area contributed by atoms with Gasteiger partial charge in [-0.3, -0.25) is 14.2 Å². The van der Waals surface area contributed by atoms with Gasteiger partial charge in [0.1, 0.15) is 0 Å². The summed E-state index contributed by atoms with van der Waals surface area (Å²) in [7, 11) is 0. The molecule has 9 heteroatoms. The molecule has 3 heterocycles. The van der Waals surface area contributed by atoms with Gasteiger partial charge in [-0.1, -0.05) is 0 Å². The molecule has 0 bridgehead atoms. The summed E-state index contributed by atoms with van der Waals surface area (Å²) in [6.45, 7) is 0.998. The van der Waals surface area contributed by atoms with Crippen LogP contribution in [-0.2, 0) is 24.1 Å². The standard InChI is InChI=1S/C22H21N3O5S/c26-19(23-24-20(27)18-10-12-3-1-5-17(12)31-18)13-6-7-15-16(9-13)22(29)25(21(15)28)11-14-4-2-8-30-14/h6-7,9-10,14,28-29H,1-5,8,11H2. The number of carbonyl (C=O) groups excluding carboxylic acids is 2. The Bertz CT molecular complexity index is 1200. The maximum atomic E-state index is 12.5. The van der Waals surface area contributed by atoms with Crippen molar-refractivity contribution in [2.75, 3.05) is 6.61 Å². The van der Waals surface area contributed by atoms with Crippen LogP contribution >= 0.6 is 11.3 Å². The van der Waals surface area contributed by atoms with Crippen LogP contribution in [0.4, 0.5) is 0 Å². The normalized spacial score (nSPS) is 18.3. The van der Waals surface area contributed by atoms with Gasteiger partial charge in [-0.15, -0.1) is 21.6 Å². The van der Waals surface area contributed by atoms with Crippen LogP contribution in [0.2, 0.25) is 0 Å². The molecule has 0 spiro atoms. The Kier molecular flexibility index (Phi) is 5.07. The molecular weight excluding hydrogens is 418 g/mol. The van der Waals surface area contributed by atoms with Crippen molar-refractivity contribution in [2.45, 2.75) is 44.8 Å². The molecule has 2 N–H and O–H groups in total. The summed E-state index contributed by atoms with van der Waals surface area (Å²) >= 11 is 1.41. The summed E-state index contributed by atoms with van der Waals surface area (Å²) in [5.74, 6) is -1.44. The summed E-state index contributed by atoms with van der Waals surface area (Å²) in [5.41, 5.74) is 1.35. The summed E-state index contributed by atoms with van der Waals surface area (Å²) < 4.78 is 6.96. The van der Waals surface area contributed by atoms with Crippen molar-refractivity contribution < 1.29 is 24.5 Å². The van der Waals surface area contributed by atoms with E-state index in [0.29, 0.717) is 28.8 Å². The molecule has 3 aromatic rings. The van der Waals surface area contributed by atoms with Gasteiger partial charge >= 0.3 is 5.91 Å². The van der Waals surface area contributed by atoms with E-state index in [-0.39, 0.29) is 23.4 Å². The number of fused-ring (bicyclic) bond motifs is 2. The molecule has 1 aliphatic heterocycles. The van der Waals surface area contributed by atoms with Crippen LogP contribution < -0.4 is 0 Å². The highest BCUT2D eigenvalue weighted by Gasteiger charge is 2.23. The van der Waals surface area contributed by atoms with Crippen molar-refractivity contribution in [3.8, 4) is 11.8 Å². The van der Waals surface area contributed by atoms with Crippen molar-refractivity contribution in [3.05, 3.63) is 45.1 Å². The fourth-order valence-electron chi connectivity index (χ4n) is 4.25. The first-order valence-electron chi connectivity index (χ1n) is 10.3.